The molecule has 3 N–H and O–H groups in total. The first-order valence-corrected chi connectivity index (χ1v) is 8.79. The average Bonchev–Trinajstić information content (AvgIpc) is 2.43. The Hall–Kier alpha value is -1.64. The number of hydrogen-bond donors (Lipinski definition) is 3. The Kier molecular flexibility index (Phi) is 7.30. The third-order valence-electron chi connectivity index (χ3n) is 2.79. The molecule has 8 heteroatoms. The second kappa shape index (κ2) is 8.72. The van der Waals surface area contributed by atoms with Gasteiger partial charge in [0, 0.05) is 26.7 Å². The van der Waals surface area contributed by atoms with Crippen molar-refractivity contribution >= 4 is 21.6 Å². The molecule has 1 aromatic rings. The third kappa shape index (κ3) is 6.88. The molecular weight excluding hydrogens is 306 g/mol. The molecule has 1 rings (SSSR count). The van der Waals surface area contributed by atoms with Crippen molar-refractivity contribution in [1.82, 2.24) is 10.6 Å². The normalized spacial score (nSPS) is 11.2. The number of amides is 1. The first kappa shape index (κ1) is 18.4. The Morgan fingerprint density at radius 2 is 1.95 bits per heavy atom. The van der Waals surface area contributed by atoms with Crippen LogP contribution in [0.5, 0.6) is 0 Å². The third-order valence-corrected chi connectivity index (χ3v) is 3.38. The van der Waals surface area contributed by atoms with Crippen LogP contribution in [0.25, 0.3) is 0 Å². The largest absolute Gasteiger partial charge is 0.383 e. The Morgan fingerprint density at radius 3 is 2.59 bits per heavy atom. The van der Waals surface area contributed by atoms with Gasteiger partial charge in [0.1, 0.15) is 0 Å². The first-order chi connectivity index (χ1) is 10.3. The van der Waals surface area contributed by atoms with Crippen LogP contribution in [0.4, 0.5) is 5.69 Å². The van der Waals surface area contributed by atoms with Crippen LogP contribution in [-0.2, 0) is 14.8 Å². The molecule has 0 bridgehead atoms. The van der Waals surface area contributed by atoms with Crippen LogP contribution in [0.3, 0.4) is 0 Å². The van der Waals surface area contributed by atoms with Crippen LogP contribution in [0.1, 0.15) is 15.9 Å². The van der Waals surface area contributed by atoms with Crippen molar-refractivity contribution in [2.75, 3.05) is 44.3 Å². The van der Waals surface area contributed by atoms with E-state index in [0.717, 1.165) is 11.8 Å². The van der Waals surface area contributed by atoms with Crippen molar-refractivity contribution in [3.05, 3.63) is 29.3 Å². The zero-order valence-corrected chi connectivity index (χ0v) is 13.9. The van der Waals surface area contributed by atoms with E-state index in [0.29, 0.717) is 31.8 Å². The lowest BCUT2D eigenvalue weighted by Gasteiger charge is -2.12. The highest BCUT2D eigenvalue weighted by Gasteiger charge is 2.14. The number of methoxy groups -OCH3 is 1. The summed E-state index contributed by atoms with van der Waals surface area (Å²) in [6, 6.07) is 4.99. The summed E-state index contributed by atoms with van der Waals surface area (Å²) in [7, 11) is -1.82. The quantitative estimate of drug-likeness (QED) is 0.568. The molecule has 0 aliphatic heterocycles. The van der Waals surface area contributed by atoms with E-state index in [1.54, 1.807) is 25.3 Å². The maximum atomic E-state index is 12.2. The number of hydrogen-bond acceptors (Lipinski definition) is 5. The highest BCUT2D eigenvalue weighted by molar-refractivity contribution is 7.92. The predicted molar refractivity (Wildman–Crippen MR) is 86.7 cm³/mol. The van der Waals surface area contributed by atoms with Crippen molar-refractivity contribution in [1.29, 1.82) is 0 Å². The Labute approximate surface area is 131 Å². The molecular formula is C14H23N3O4S. The van der Waals surface area contributed by atoms with Gasteiger partial charge in [0.05, 0.1) is 24.1 Å². The fraction of sp³-hybridized carbons (Fsp3) is 0.500. The Morgan fingerprint density at radius 1 is 1.23 bits per heavy atom. The summed E-state index contributed by atoms with van der Waals surface area (Å²) in [5, 5.41) is 5.86. The lowest BCUT2D eigenvalue weighted by Crippen LogP contribution is -2.33. The fourth-order valence-electron chi connectivity index (χ4n) is 1.79. The van der Waals surface area contributed by atoms with Gasteiger partial charge in [-0.2, -0.15) is 0 Å². The SMILES string of the molecule is COCCNCCNC(=O)c1cc(C)ccc1NS(C)(=O)=O. The summed E-state index contributed by atoms with van der Waals surface area (Å²) >= 11 is 0. The van der Waals surface area contributed by atoms with Crippen LogP contribution in [0, 0.1) is 6.92 Å². The molecule has 0 aliphatic carbocycles. The molecule has 0 aliphatic rings. The fourth-order valence-corrected chi connectivity index (χ4v) is 2.37. The predicted octanol–water partition coefficient (Wildman–Crippen LogP) is 0.332. The van der Waals surface area contributed by atoms with Crippen LogP contribution in [0.15, 0.2) is 18.2 Å². The van der Waals surface area contributed by atoms with Gasteiger partial charge in [-0.3, -0.25) is 9.52 Å². The van der Waals surface area contributed by atoms with Gasteiger partial charge in [-0.1, -0.05) is 11.6 Å². The summed E-state index contributed by atoms with van der Waals surface area (Å²) in [5.74, 6) is -0.316. The van der Waals surface area contributed by atoms with Gasteiger partial charge < -0.3 is 15.4 Å². The molecule has 0 fully saturated rings. The van der Waals surface area contributed by atoms with Crippen molar-refractivity contribution in [2.45, 2.75) is 6.92 Å². The summed E-state index contributed by atoms with van der Waals surface area (Å²) in [6.45, 7) is 4.20. The van der Waals surface area contributed by atoms with Crippen molar-refractivity contribution < 1.29 is 17.9 Å². The minimum atomic E-state index is -3.44. The maximum Gasteiger partial charge on any atom is 0.253 e. The molecule has 0 saturated heterocycles. The highest BCUT2D eigenvalue weighted by Crippen LogP contribution is 2.18. The van der Waals surface area contributed by atoms with E-state index in [2.05, 4.69) is 15.4 Å². The van der Waals surface area contributed by atoms with Crippen molar-refractivity contribution in [2.24, 2.45) is 0 Å². The Bertz CT molecular complexity index is 602. The van der Waals surface area contributed by atoms with Gasteiger partial charge in [-0.15, -0.1) is 0 Å². The zero-order valence-electron chi connectivity index (χ0n) is 13.1. The van der Waals surface area contributed by atoms with Gasteiger partial charge in [0.25, 0.3) is 5.91 Å². The van der Waals surface area contributed by atoms with E-state index >= 15 is 0 Å². The maximum absolute atomic E-state index is 12.2. The molecule has 0 saturated carbocycles. The van der Waals surface area contributed by atoms with Crippen LogP contribution in [0.2, 0.25) is 0 Å². The van der Waals surface area contributed by atoms with Gasteiger partial charge in [-0.25, -0.2) is 8.42 Å². The minimum absolute atomic E-state index is 0.276. The smallest absolute Gasteiger partial charge is 0.253 e. The summed E-state index contributed by atoms with van der Waals surface area (Å²) in [5.41, 5.74) is 1.46. The number of nitrogens with one attached hydrogen (secondary N) is 3. The first-order valence-electron chi connectivity index (χ1n) is 6.90. The molecule has 1 amide bonds. The number of sulfonamides is 1. The number of carbonyl (C=O) groups excluding carboxylic acids is 1. The number of rotatable bonds is 9. The number of carbonyl (C=O) groups is 1. The molecule has 124 valence electrons. The minimum Gasteiger partial charge on any atom is -0.383 e. The second-order valence-electron chi connectivity index (χ2n) is 4.92. The number of aryl methyl sites for hydroxylation is 1. The number of benzene rings is 1. The Balaban J connectivity index is 2.65. The molecule has 7 nitrogen and oxygen atoms in total. The molecule has 0 spiro atoms. The molecule has 0 heterocycles. The lowest BCUT2D eigenvalue weighted by molar-refractivity contribution is 0.0954. The van der Waals surface area contributed by atoms with E-state index < -0.39 is 10.0 Å². The standard InChI is InChI=1S/C14H23N3O4S/c1-11-4-5-13(17-22(3,19)20)12(10-11)14(18)16-7-6-15-8-9-21-2/h4-5,10,15,17H,6-9H2,1-3H3,(H,16,18). The molecule has 0 aromatic heterocycles. The molecule has 22 heavy (non-hydrogen) atoms. The lowest BCUT2D eigenvalue weighted by atomic mass is 10.1. The van der Waals surface area contributed by atoms with E-state index in [9.17, 15) is 13.2 Å². The van der Waals surface area contributed by atoms with Crippen molar-refractivity contribution in [3.8, 4) is 0 Å². The van der Waals surface area contributed by atoms with Crippen LogP contribution >= 0.6 is 0 Å². The van der Waals surface area contributed by atoms with E-state index in [1.807, 2.05) is 6.92 Å². The van der Waals surface area contributed by atoms with E-state index in [-0.39, 0.29) is 11.6 Å². The topological polar surface area (TPSA) is 96.5 Å². The van der Waals surface area contributed by atoms with Gasteiger partial charge in [-0.05, 0) is 19.1 Å². The number of anilines is 1. The van der Waals surface area contributed by atoms with Crippen LogP contribution in [-0.4, -0.2) is 53.9 Å². The van der Waals surface area contributed by atoms with E-state index in [1.165, 1.54) is 0 Å². The second-order valence-corrected chi connectivity index (χ2v) is 6.67. The summed E-state index contributed by atoms with van der Waals surface area (Å²) < 4.78 is 30.0. The monoisotopic (exact) mass is 329 g/mol. The van der Waals surface area contributed by atoms with Crippen molar-refractivity contribution in [3.63, 3.8) is 0 Å². The van der Waals surface area contributed by atoms with E-state index in [4.69, 9.17) is 4.74 Å². The average molecular weight is 329 g/mol. The van der Waals surface area contributed by atoms with Gasteiger partial charge >= 0.3 is 0 Å². The molecule has 0 atom stereocenters. The summed E-state index contributed by atoms with van der Waals surface area (Å²) in [6.07, 6.45) is 1.05. The number of ether oxygens (including phenoxy) is 1. The molecule has 0 unspecified atom stereocenters. The summed E-state index contributed by atoms with van der Waals surface area (Å²) in [4.78, 5) is 12.2. The molecule has 0 radical (unpaired) electrons. The molecule has 1 aromatic carbocycles. The van der Waals surface area contributed by atoms with Crippen LogP contribution < -0.4 is 15.4 Å². The van der Waals surface area contributed by atoms with Gasteiger partial charge in [0.2, 0.25) is 10.0 Å². The highest BCUT2D eigenvalue weighted by atomic mass is 32.2. The zero-order chi connectivity index (χ0) is 16.6. The van der Waals surface area contributed by atoms with Gasteiger partial charge in [0.15, 0.2) is 0 Å².